The molecular formula is C21H21F3N4O3S2. The van der Waals surface area contributed by atoms with Crippen molar-refractivity contribution >= 4 is 31.6 Å². The average molecular weight is 499 g/mol. The number of aryl methyl sites for hydroxylation is 2. The Morgan fingerprint density at radius 2 is 1.82 bits per heavy atom. The first-order chi connectivity index (χ1) is 15.6. The molecule has 0 radical (unpaired) electrons. The molecule has 0 spiro atoms. The zero-order valence-electron chi connectivity index (χ0n) is 17.5. The maximum Gasteiger partial charge on any atom is 0.417 e. The van der Waals surface area contributed by atoms with Crippen LogP contribution in [0.1, 0.15) is 28.2 Å². The van der Waals surface area contributed by atoms with E-state index in [1.54, 1.807) is 11.3 Å². The van der Waals surface area contributed by atoms with Gasteiger partial charge in [0.2, 0.25) is 10.0 Å². The molecule has 3 heterocycles. The number of nitrogens with one attached hydrogen (secondary N) is 1. The van der Waals surface area contributed by atoms with Crippen LogP contribution in [0.5, 0.6) is 0 Å². The lowest BCUT2D eigenvalue weighted by atomic mass is 10.2. The van der Waals surface area contributed by atoms with E-state index in [1.165, 1.54) is 17.0 Å². The Labute approximate surface area is 191 Å². The molecule has 0 bridgehead atoms. The summed E-state index contributed by atoms with van der Waals surface area (Å²) in [6, 6.07) is 4.23. The molecule has 1 aromatic carbocycles. The number of alkyl halides is 3. The van der Waals surface area contributed by atoms with Gasteiger partial charge in [-0.2, -0.15) is 17.5 Å². The third kappa shape index (κ3) is 4.09. The first-order valence-electron chi connectivity index (χ1n) is 10.6. The van der Waals surface area contributed by atoms with Gasteiger partial charge in [-0.15, -0.1) is 11.3 Å². The van der Waals surface area contributed by atoms with E-state index < -0.39 is 26.7 Å². The first-order valence-corrected chi connectivity index (χ1v) is 12.8. The molecule has 1 aliphatic heterocycles. The number of thiophene rings is 1. The molecule has 0 atom stereocenters. The van der Waals surface area contributed by atoms with Gasteiger partial charge in [0.15, 0.2) is 0 Å². The molecule has 0 amide bonds. The van der Waals surface area contributed by atoms with Crippen LogP contribution in [0.4, 0.5) is 13.2 Å². The number of hydrogen-bond donors (Lipinski definition) is 1. The highest BCUT2D eigenvalue weighted by Crippen LogP contribution is 2.36. The fraction of sp³-hybridized carbons (Fsp3) is 0.429. The number of H-pyrrole nitrogens is 1. The quantitative estimate of drug-likeness (QED) is 0.598. The summed E-state index contributed by atoms with van der Waals surface area (Å²) in [6.45, 7) is 1.07. The molecule has 33 heavy (non-hydrogen) atoms. The highest BCUT2D eigenvalue weighted by molar-refractivity contribution is 7.89. The predicted octanol–water partition coefficient (Wildman–Crippen LogP) is 3.00. The van der Waals surface area contributed by atoms with Gasteiger partial charge in [-0.1, -0.05) is 12.1 Å². The number of sulfonamides is 1. The van der Waals surface area contributed by atoms with Gasteiger partial charge >= 0.3 is 6.18 Å². The van der Waals surface area contributed by atoms with Crippen LogP contribution in [-0.2, 0) is 35.6 Å². The van der Waals surface area contributed by atoms with Crippen molar-refractivity contribution in [2.24, 2.45) is 0 Å². The van der Waals surface area contributed by atoms with E-state index in [0.29, 0.717) is 30.8 Å². The Morgan fingerprint density at radius 1 is 1.09 bits per heavy atom. The smallest absolute Gasteiger partial charge is 0.309 e. The Hall–Kier alpha value is -2.28. The van der Waals surface area contributed by atoms with E-state index in [2.05, 4.69) is 9.97 Å². The molecule has 176 valence electrons. The summed E-state index contributed by atoms with van der Waals surface area (Å²) in [7, 11) is -4.29. The molecule has 1 saturated heterocycles. The molecule has 0 unspecified atom stereocenters. The van der Waals surface area contributed by atoms with Gasteiger partial charge in [-0.25, -0.2) is 13.4 Å². The minimum absolute atomic E-state index is 0.0499. The van der Waals surface area contributed by atoms with Gasteiger partial charge in [0, 0.05) is 31.1 Å². The van der Waals surface area contributed by atoms with Crippen LogP contribution < -0.4 is 5.56 Å². The van der Waals surface area contributed by atoms with Crippen LogP contribution in [0.15, 0.2) is 34.0 Å². The van der Waals surface area contributed by atoms with Crippen LogP contribution in [0.25, 0.3) is 10.2 Å². The van der Waals surface area contributed by atoms with Gasteiger partial charge in [0.25, 0.3) is 5.56 Å². The molecular weight excluding hydrogens is 477 g/mol. The topological polar surface area (TPSA) is 86.4 Å². The number of piperazine rings is 1. The zero-order valence-corrected chi connectivity index (χ0v) is 19.1. The van der Waals surface area contributed by atoms with Crippen molar-refractivity contribution < 1.29 is 21.6 Å². The number of rotatable bonds is 4. The van der Waals surface area contributed by atoms with Crippen molar-refractivity contribution in [2.75, 3.05) is 26.2 Å². The zero-order chi connectivity index (χ0) is 23.4. The first kappa shape index (κ1) is 22.5. The van der Waals surface area contributed by atoms with Gasteiger partial charge < -0.3 is 4.98 Å². The Balaban J connectivity index is 1.31. The molecule has 1 N–H and O–H groups in total. The standard InChI is InChI=1S/C21H21F3N4O3S2/c22-21(23,24)14-5-1-2-7-16(14)33(30,31)28-10-8-27(9-11-28)12-17-25-19(29)18-13-4-3-6-15(13)32-20(18)26-17/h1-2,5,7H,3-4,6,8-12H2,(H,25,26,29). The van der Waals surface area contributed by atoms with Gasteiger partial charge in [-0.3, -0.25) is 9.69 Å². The molecule has 1 aliphatic carbocycles. The van der Waals surface area contributed by atoms with E-state index >= 15 is 0 Å². The largest absolute Gasteiger partial charge is 0.417 e. The SMILES string of the molecule is O=c1[nH]c(CN2CCN(S(=O)(=O)c3ccccc3C(F)(F)F)CC2)nc2sc3c(c12)CCC3. The van der Waals surface area contributed by atoms with E-state index in [9.17, 15) is 26.4 Å². The number of hydrogen-bond acceptors (Lipinski definition) is 6. The molecule has 3 aromatic rings. The van der Waals surface area contributed by atoms with Crippen molar-refractivity contribution in [1.29, 1.82) is 0 Å². The fourth-order valence-electron chi connectivity index (χ4n) is 4.53. The molecule has 0 saturated carbocycles. The molecule has 12 heteroatoms. The normalized spacial score (nSPS) is 18.2. The van der Waals surface area contributed by atoms with Gasteiger partial charge in [0.1, 0.15) is 10.7 Å². The number of aromatic nitrogens is 2. The van der Waals surface area contributed by atoms with Crippen LogP contribution in [0.3, 0.4) is 0 Å². The summed E-state index contributed by atoms with van der Waals surface area (Å²) < 4.78 is 66.9. The van der Waals surface area contributed by atoms with Crippen molar-refractivity contribution in [3.8, 4) is 0 Å². The maximum absolute atomic E-state index is 13.3. The highest BCUT2D eigenvalue weighted by Gasteiger charge is 2.39. The second-order valence-electron chi connectivity index (χ2n) is 8.22. The third-order valence-electron chi connectivity index (χ3n) is 6.14. The molecule has 2 aliphatic rings. The molecule has 2 aromatic heterocycles. The monoisotopic (exact) mass is 498 g/mol. The Bertz CT molecular complexity index is 1370. The van der Waals surface area contributed by atoms with E-state index in [0.717, 1.165) is 46.1 Å². The van der Waals surface area contributed by atoms with Crippen molar-refractivity contribution in [1.82, 2.24) is 19.2 Å². The Kier molecular flexibility index (Phi) is 5.58. The van der Waals surface area contributed by atoms with Crippen LogP contribution in [-0.4, -0.2) is 53.8 Å². The summed E-state index contributed by atoms with van der Waals surface area (Å²) >= 11 is 1.55. The van der Waals surface area contributed by atoms with Crippen molar-refractivity contribution in [3.05, 3.63) is 56.4 Å². The number of halogens is 3. The maximum atomic E-state index is 13.3. The average Bonchev–Trinajstić information content (AvgIpc) is 3.34. The van der Waals surface area contributed by atoms with Crippen LogP contribution >= 0.6 is 11.3 Å². The summed E-state index contributed by atoms with van der Waals surface area (Å²) in [5, 5.41) is 0.676. The highest BCUT2D eigenvalue weighted by atomic mass is 32.2. The number of nitrogens with zero attached hydrogens (tertiary/aromatic N) is 3. The fourth-order valence-corrected chi connectivity index (χ4v) is 7.44. The van der Waals surface area contributed by atoms with E-state index in [-0.39, 0.29) is 18.6 Å². The third-order valence-corrected chi connectivity index (χ3v) is 9.28. The second-order valence-corrected chi connectivity index (χ2v) is 11.2. The van der Waals surface area contributed by atoms with Crippen LogP contribution in [0, 0.1) is 0 Å². The second kappa shape index (κ2) is 8.19. The summed E-state index contributed by atoms with van der Waals surface area (Å²) in [4.78, 5) is 23.2. The summed E-state index contributed by atoms with van der Waals surface area (Å²) in [5.41, 5.74) is -0.210. The number of benzene rings is 1. The van der Waals surface area contributed by atoms with Gasteiger partial charge in [0.05, 0.1) is 22.4 Å². The predicted molar refractivity (Wildman–Crippen MR) is 118 cm³/mol. The van der Waals surface area contributed by atoms with Crippen molar-refractivity contribution in [2.45, 2.75) is 36.9 Å². The van der Waals surface area contributed by atoms with Gasteiger partial charge in [-0.05, 0) is 37.0 Å². The van der Waals surface area contributed by atoms with Crippen LogP contribution in [0.2, 0.25) is 0 Å². The van der Waals surface area contributed by atoms with Crippen molar-refractivity contribution in [3.63, 3.8) is 0 Å². The lowest BCUT2D eigenvalue weighted by Crippen LogP contribution is -2.48. The van der Waals surface area contributed by atoms with E-state index in [4.69, 9.17) is 0 Å². The molecule has 1 fully saturated rings. The minimum atomic E-state index is -4.76. The molecule has 7 nitrogen and oxygen atoms in total. The number of aromatic amines is 1. The lowest BCUT2D eigenvalue weighted by Gasteiger charge is -2.34. The number of fused-ring (bicyclic) bond motifs is 3. The minimum Gasteiger partial charge on any atom is -0.309 e. The summed E-state index contributed by atoms with van der Waals surface area (Å²) in [5.74, 6) is 0.506. The lowest BCUT2D eigenvalue weighted by molar-refractivity contribution is -0.139. The summed E-state index contributed by atoms with van der Waals surface area (Å²) in [6.07, 6.45) is -1.84. The van der Waals surface area contributed by atoms with E-state index in [1.807, 2.05) is 4.90 Å². The molecule has 5 rings (SSSR count). The Morgan fingerprint density at radius 3 is 2.55 bits per heavy atom.